The topological polar surface area (TPSA) is 113 Å². The van der Waals surface area contributed by atoms with Crippen LogP contribution in [0.2, 0.25) is 0 Å². The Morgan fingerprint density at radius 3 is 2.54 bits per heavy atom. The first-order valence-corrected chi connectivity index (χ1v) is 8.67. The number of pyridine rings is 1. The van der Waals surface area contributed by atoms with Gasteiger partial charge in [0.25, 0.3) is 5.91 Å². The Balaban J connectivity index is 2.35. The number of hydrogen-bond donors (Lipinski definition) is 2. The minimum absolute atomic E-state index is 0.0838. The lowest BCUT2D eigenvalue weighted by Gasteiger charge is -2.16. The second-order valence-electron chi connectivity index (χ2n) is 5.96. The summed E-state index contributed by atoms with van der Waals surface area (Å²) in [5, 5.41) is 2.60. The van der Waals surface area contributed by atoms with E-state index in [9.17, 15) is 18.8 Å². The van der Waals surface area contributed by atoms with Crippen molar-refractivity contribution in [3.05, 3.63) is 63.3 Å². The number of amides is 1. The Kier molecular flexibility index (Phi) is 7.14. The van der Waals surface area contributed by atoms with Crippen molar-refractivity contribution < 1.29 is 23.5 Å². The highest BCUT2D eigenvalue weighted by atomic mass is 19.1. The van der Waals surface area contributed by atoms with E-state index in [0.29, 0.717) is 12.0 Å². The molecule has 28 heavy (non-hydrogen) atoms. The zero-order valence-electron chi connectivity index (χ0n) is 15.7. The molecule has 1 heterocycles. The summed E-state index contributed by atoms with van der Waals surface area (Å²) in [6.07, 6.45) is 2.47. The molecule has 150 valence electrons. The summed E-state index contributed by atoms with van der Waals surface area (Å²) in [5.74, 6) is 3.58. The SMILES string of the molecule is CCCCOc1c(C(=O)NCc2ccc(F)cc2)n(N)cc(C(=O)OC)c1=O. The Morgan fingerprint density at radius 1 is 1.25 bits per heavy atom. The number of aromatic nitrogens is 1. The lowest BCUT2D eigenvalue weighted by Crippen LogP contribution is -2.34. The standard InChI is InChI=1S/C19H22FN3O5/c1-3-4-9-28-17-15(23(21)11-14(16(17)24)19(26)27-2)18(25)22-10-12-5-7-13(20)8-6-12/h5-8,11H,3-4,9-10,21H2,1-2H3,(H,22,25). The van der Waals surface area contributed by atoms with Crippen LogP contribution in [0.15, 0.2) is 35.3 Å². The van der Waals surface area contributed by atoms with E-state index in [0.717, 1.165) is 24.4 Å². The van der Waals surface area contributed by atoms with Crippen LogP contribution in [0.3, 0.4) is 0 Å². The number of ether oxygens (including phenoxy) is 2. The number of nitrogens with one attached hydrogen (secondary N) is 1. The maximum atomic E-state index is 13.0. The smallest absolute Gasteiger partial charge is 0.343 e. The third-order valence-corrected chi connectivity index (χ3v) is 3.92. The van der Waals surface area contributed by atoms with Crippen LogP contribution < -0.4 is 21.3 Å². The van der Waals surface area contributed by atoms with Gasteiger partial charge in [-0.3, -0.25) is 14.3 Å². The van der Waals surface area contributed by atoms with Gasteiger partial charge in [0, 0.05) is 12.7 Å². The van der Waals surface area contributed by atoms with E-state index in [1.807, 2.05) is 6.92 Å². The molecule has 2 aromatic rings. The van der Waals surface area contributed by atoms with Crippen LogP contribution in [0.4, 0.5) is 4.39 Å². The first-order chi connectivity index (χ1) is 13.4. The van der Waals surface area contributed by atoms with Crippen molar-refractivity contribution in [2.75, 3.05) is 19.6 Å². The first-order valence-electron chi connectivity index (χ1n) is 8.67. The molecule has 0 atom stereocenters. The van der Waals surface area contributed by atoms with E-state index in [1.54, 1.807) is 0 Å². The fourth-order valence-electron chi connectivity index (χ4n) is 2.41. The average molecular weight is 391 g/mol. The molecule has 3 N–H and O–H groups in total. The number of nitrogens with two attached hydrogens (primary N) is 1. The lowest BCUT2D eigenvalue weighted by molar-refractivity contribution is 0.0596. The molecule has 0 unspecified atom stereocenters. The molecule has 1 aromatic heterocycles. The molecule has 0 fully saturated rings. The van der Waals surface area contributed by atoms with Crippen LogP contribution in [0.1, 0.15) is 46.2 Å². The minimum Gasteiger partial charge on any atom is -0.487 e. The molecular weight excluding hydrogens is 369 g/mol. The van der Waals surface area contributed by atoms with Crippen molar-refractivity contribution in [3.63, 3.8) is 0 Å². The monoisotopic (exact) mass is 391 g/mol. The summed E-state index contributed by atoms with van der Waals surface area (Å²) >= 11 is 0. The molecule has 0 bridgehead atoms. The maximum absolute atomic E-state index is 13.0. The number of nitrogens with zero attached hydrogens (tertiary/aromatic N) is 1. The molecule has 8 nitrogen and oxygen atoms in total. The second kappa shape index (κ2) is 9.54. The number of nitrogen functional groups attached to an aromatic ring is 1. The molecule has 1 aromatic carbocycles. The van der Waals surface area contributed by atoms with Gasteiger partial charge in [-0.15, -0.1) is 0 Å². The largest absolute Gasteiger partial charge is 0.487 e. The normalized spacial score (nSPS) is 10.4. The summed E-state index contributed by atoms with van der Waals surface area (Å²) < 4.78 is 23.9. The molecule has 0 aliphatic rings. The molecule has 0 spiro atoms. The highest BCUT2D eigenvalue weighted by molar-refractivity contribution is 5.97. The van der Waals surface area contributed by atoms with Gasteiger partial charge in [0.15, 0.2) is 11.4 Å². The van der Waals surface area contributed by atoms with E-state index in [2.05, 4.69) is 10.1 Å². The highest BCUT2D eigenvalue weighted by Crippen LogP contribution is 2.15. The van der Waals surface area contributed by atoms with Crippen molar-refractivity contribution in [1.82, 2.24) is 9.99 Å². The van der Waals surface area contributed by atoms with Crippen molar-refractivity contribution in [3.8, 4) is 5.75 Å². The van der Waals surface area contributed by atoms with Gasteiger partial charge in [0.2, 0.25) is 5.43 Å². The maximum Gasteiger partial charge on any atom is 0.343 e. The fraction of sp³-hybridized carbons (Fsp3) is 0.316. The molecule has 1 amide bonds. The zero-order valence-corrected chi connectivity index (χ0v) is 15.7. The second-order valence-corrected chi connectivity index (χ2v) is 5.96. The number of benzene rings is 1. The van der Waals surface area contributed by atoms with Gasteiger partial charge in [-0.05, 0) is 24.1 Å². The number of esters is 1. The van der Waals surface area contributed by atoms with Gasteiger partial charge >= 0.3 is 5.97 Å². The molecule has 0 aliphatic carbocycles. The van der Waals surface area contributed by atoms with Crippen molar-refractivity contribution in [2.45, 2.75) is 26.3 Å². The van der Waals surface area contributed by atoms with Gasteiger partial charge in [-0.2, -0.15) is 0 Å². The molecule has 0 saturated carbocycles. The summed E-state index contributed by atoms with van der Waals surface area (Å²) in [4.78, 5) is 37.1. The molecule has 0 aliphatic heterocycles. The van der Waals surface area contributed by atoms with Gasteiger partial charge in [-0.1, -0.05) is 25.5 Å². The van der Waals surface area contributed by atoms with Crippen LogP contribution >= 0.6 is 0 Å². The quantitative estimate of drug-likeness (QED) is 0.402. The van der Waals surface area contributed by atoms with Gasteiger partial charge < -0.3 is 20.6 Å². The third-order valence-electron chi connectivity index (χ3n) is 3.92. The van der Waals surface area contributed by atoms with Crippen LogP contribution in [-0.2, 0) is 11.3 Å². The minimum atomic E-state index is -0.886. The van der Waals surface area contributed by atoms with E-state index in [4.69, 9.17) is 10.6 Å². The van der Waals surface area contributed by atoms with E-state index < -0.39 is 23.1 Å². The van der Waals surface area contributed by atoms with Crippen molar-refractivity contribution in [1.29, 1.82) is 0 Å². The fourth-order valence-corrected chi connectivity index (χ4v) is 2.41. The number of halogens is 1. The number of unbranched alkanes of at least 4 members (excludes halogenated alkanes) is 1. The Hall–Kier alpha value is -3.36. The van der Waals surface area contributed by atoms with E-state index >= 15 is 0 Å². The number of methoxy groups -OCH3 is 1. The summed E-state index contributed by atoms with van der Waals surface area (Å²) in [7, 11) is 1.13. The van der Waals surface area contributed by atoms with E-state index in [1.165, 1.54) is 24.3 Å². The average Bonchev–Trinajstić information content (AvgIpc) is 2.69. The predicted molar refractivity (Wildman–Crippen MR) is 100 cm³/mol. The number of rotatable bonds is 8. The van der Waals surface area contributed by atoms with Crippen LogP contribution in [-0.4, -0.2) is 30.3 Å². The molecule has 2 rings (SSSR count). The zero-order chi connectivity index (χ0) is 20.7. The molecule has 0 radical (unpaired) electrons. The van der Waals surface area contributed by atoms with Crippen molar-refractivity contribution >= 4 is 11.9 Å². The summed E-state index contributed by atoms with van der Waals surface area (Å²) in [5.41, 5.74) is -0.695. The third kappa shape index (κ3) is 4.87. The molecule has 0 saturated heterocycles. The molecular formula is C19H22FN3O5. The van der Waals surface area contributed by atoms with Crippen molar-refractivity contribution in [2.24, 2.45) is 0 Å². The van der Waals surface area contributed by atoms with Crippen LogP contribution in [0, 0.1) is 5.82 Å². The Labute approximate surface area is 161 Å². The predicted octanol–water partition coefficient (Wildman–Crippen LogP) is 1.60. The number of hydrogen-bond acceptors (Lipinski definition) is 6. The van der Waals surface area contributed by atoms with Gasteiger partial charge in [0.1, 0.15) is 11.4 Å². The summed E-state index contributed by atoms with van der Waals surface area (Å²) in [6, 6.07) is 5.57. The number of carbonyl (C=O) groups excluding carboxylic acids is 2. The van der Waals surface area contributed by atoms with Crippen LogP contribution in [0.5, 0.6) is 5.75 Å². The Bertz CT molecular complexity index is 909. The number of carbonyl (C=O) groups is 2. The van der Waals surface area contributed by atoms with Gasteiger partial charge in [-0.25, -0.2) is 9.18 Å². The van der Waals surface area contributed by atoms with E-state index in [-0.39, 0.29) is 30.2 Å². The Morgan fingerprint density at radius 2 is 1.93 bits per heavy atom. The first kappa shape index (κ1) is 20.9. The molecule has 9 heteroatoms. The highest BCUT2D eigenvalue weighted by Gasteiger charge is 2.25. The lowest BCUT2D eigenvalue weighted by atomic mass is 10.2. The van der Waals surface area contributed by atoms with Crippen LogP contribution in [0.25, 0.3) is 0 Å². The van der Waals surface area contributed by atoms with Gasteiger partial charge in [0.05, 0.1) is 13.7 Å². The summed E-state index contributed by atoms with van der Waals surface area (Å²) in [6.45, 7) is 2.20.